The second-order valence-corrected chi connectivity index (χ2v) is 3.71. The normalized spacial score (nSPS) is 14.0. The van der Waals surface area contributed by atoms with E-state index in [2.05, 4.69) is 0 Å². The number of nitrogens with two attached hydrogens (primary N) is 1. The molecule has 1 aromatic carbocycles. The van der Waals surface area contributed by atoms with E-state index in [1.807, 2.05) is 6.07 Å². The van der Waals surface area contributed by atoms with Gasteiger partial charge in [-0.1, -0.05) is 6.07 Å². The number of aromatic hydroxyl groups is 1. The zero-order valence-corrected chi connectivity index (χ0v) is 8.82. The van der Waals surface area contributed by atoms with Gasteiger partial charge >= 0.3 is 0 Å². The van der Waals surface area contributed by atoms with Crippen molar-refractivity contribution < 1.29 is 9.84 Å². The van der Waals surface area contributed by atoms with E-state index < -0.39 is 5.54 Å². The van der Waals surface area contributed by atoms with Crippen LogP contribution in [0, 0.1) is 11.3 Å². The minimum absolute atomic E-state index is 0.0805. The van der Waals surface area contributed by atoms with Crippen LogP contribution >= 0.6 is 0 Å². The second kappa shape index (κ2) is 4.20. The van der Waals surface area contributed by atoms with Gasteiger partial charge in [-0.3, -0.25) is 0 Å². The van der Waals surface area contributed by atoms with Gasteiger partial charge in [0.25, 0.3) is 0 Å². The van der Waals surface area contributed by atoms with E-state index in [4.69, 9.17) is 15.7 Å². The summed E-state index contributed by atoms with van der Waals surface area (Å²) in [6.45, 7) is 1.66. The highest BCUT2D eigenvalue weighted by Crippen LogP contribution is 2.27. The fourth-order valence-electron chi connectivity index (χ4n) is 1.30. The standard InChI is InChI=1S/C11H14N2O2/c1-11(13,7-12)6-8-3-4-9(14)10(5-8)15-2/h3-5,14H,6,13H2,1-2H3. The van der Waals surface area contributed by atoms with Crippen molar-refractivity contribution in [3.8, 4) is 17.6 Å². The summed E-state index contributed by atoms with van der Waals surface area (Å²) in [6, 6.07) is 6.95. The van der Waals surface area contributed by atoms with Crippen LogP contribution < -0.4 is 10.5 Å². The average molecular weight is 206 g/mol. The molecule has 15 heavy (non-hydrogen) atoms. The van der Waals surface area contributed by atoms with Gasteiger partial charge in [-0.05, 0) is 24.6 Å². The van der Waals surface area contributed by atoms with Gasteiger partial charge in [0.2, 0.25) is 0 Å². The third kappa shape index (κ3) is 2.86. The number of hydrogen-bond acceptors (Lipinski definition) is 4. The molecule has 1 rings (SSSR count). The van der Waals surface area contributed by atoms with Crippen LogP contribution in [-0.2, 0) is 6.42 Å². The van der Waals surface area contributed by atoms with E-state index in [1.165, 1.54) is 13.2 Å². The Morgan fingerprint density at radius 1 is 1.60 bits per heavy atom. The van der Waals surface area contributed by atoms with Crippen molar-refractivity contribution in [3.05, 3.63) is 23.8 Å². The molecule has 0 aliphatic heterocycles. The van der Waals surface area contributed by atoms with Gasteiger partial charge in [-0.15, -0.1) is 0 Å². The fourth-order valence-corrected chi connectivity index (χ4v) is 1.30. The number of methoxy groups -OCH3 is 1. The summed E-state index contributed by atoms with van der Waals surface area (Å²) in [4.78, 5) is 0. The van der Waals surface area contributed by atoms with Gasteiger partial charge in [0, 0.05) is 6.42 Å². The molecule has 0 saturated carbocycles. The minimum Gasteiger partial charge on any atom is -0.504 e. The van der Waals surface area contributed by atoms with Crippen molar-refractivity contribution in [1.82, 2.24) is 0 Å². The quantitative estimate of drug-likeness (QED) is 0.778. The Bertz CT molecular complexity index is 394. The topological polar surface area (TPSA) is 79.3 Å². The molecule has 0 aliphatic carbocycles. The summed E-state index contributed by atoms with van der Waals surface area (Å²) >= 11 is 0. The zero-order valence-electron chi connectivity index (χ0n) is 8.82. The number of benzene rings is 1. The number of phenolic OH excluding ortho intramolecular Hbond substituents is 1. The molecule has 1 unspecified atom stereocenters. The van der Waals surface area contributed by atoms with Crippen molar-refractivity contribution in [2.75, 3.05) is 7.11 Å². The Morgan fingerprint density at radius 2 is 2.27 bits per heavy atom. The minimum atomic E-state index is -0.901. The highest BCUT2D eigenvalue weighted by Gasteiger charge is 2.18. The van der Waals surface area contributed by atoms with Crippen molar-refractivity contribution in [3.63, 3.8) is 0 Å². The number of rotatable bonds is 3. The molecule has 0 spiro atoms. The van der Waals surface area contributed by atoms with Crippen molar-refractivity contribution in [2.45, 2.75) is 18.9 Å². The lowest BCUT2D eigenvalue weighted by molar-refractivity contribution is 0.372. The number of nitriles is 1. The van der Waals surface area contributed by atoms with E-state index in [9.17, 15) is 5.11 Å². The molecule has 0 fully saturated rings. The molecule has 80 valence electrons. The summed E-state index contributed by atoms with van der Waals surface area (Å²) < 4.78 is 4.96. The largest absolute Gasteiger partial charge is 0.504 e. The molecule has 0 saturated heterocycles. The van der Waals surface area contributed by atoms with Crippen molar-refractivity contribution in [2.24, 2.45) is 5.73 Å². The summed E-state index contributed by atoms with van der Waals surface area (Å²) in [7, 11) is 1.48. The van der Waals surface area contributed by atoms with Crippen LogP contribution in [0.5, 0.6) is 11.5 Å². The number of ether oxygens (including phenoxy) is 1. The van der Waals surface area contributed by atoms with Crippen LogP contribution in [0.1, 0.15) is 12.5 Å². The third-order valence-corrected chi connectivity index (χ3v) is 2.07. The first-order valence-corrected chi connectivity index (χ1v) is 4.54. The molecule has 4 nitrogen and oxygen atoms in total. The lowest BCUT2D eigenvalue weighted by Crippen LogP contribution is -2.36. The van der Waals surface area contributed by atoms with E-state index in [-0.39, 0.29) is 5.75 Å². The van der Waals surface area contributed by atoms with Crippen LogP contribution in [0.2, 0.25) is 0 Å². The molecule has 1 atom stereocenters. The van der Waals surface area contributed by atoms with E-state index in [1.54, 1.807) is 19.1 Å². The lowest BCUT2D eigenvalue weighted by atomic mass is 9.95. The first-order valence-electron chi connectivity index (χ1n) is 4.54. The van der Waals surface area contributed by atoms with Crippen molar-refractivity contribution in [1.29, 1.82) is 5.26 Å². The molecule has 1 aromatic rings. The van der Waals surface area contributed by atoms with Gasteiger partial charge in [0.15, 0.2) is 11.5 Å². The Balaban J connectivity index is 2.94. The Kier molecular flexibility index (Phi) is 3.17. The average Bonchev–Trinajstić information content (AvgIpc) is 2.20. The summed E-state index contributed by atoms with van der Waals surface area (Å²) in [5, 5.41) is 18.2. The second-order valence-electron chi connectivity index (χ2n) is 3.71. The molecular formula is C11H14N2O2. The van der Waals surface area contributed by atoms with Crippen LogP contribution in [0.4, 0.5) is 0 Å². The molecule has 0 radical (unpaired) electrons. The Hall–Kier alpha value is -1.73. The molecule has 0 amide bonds. The summed E-state index contributed by atoms with van der Waals surface area (Å²) in [5.74, 6) is 0.471. The maximum Gasteiger partial charge on any atom is 0.160 e. The molecule has 0 bridgehead atoms. The predicted octanol–water partition coefficient (Wildman–Crippen LogP) is 1.18. The molecule has 4 heteroatoms. The van der Waals surface area contributed by atoms with Crippen LogP contribution in [0.3, 0.4) is 0 Å². The number of hydrogen-bond donors (Lipinski definition) is 2. The molecular weight excluding hydrogens is 192 g/mol. The van der Waals surface area contributed by atoms with Crippen LogP contribution in [0.15, 0.2) is 18.2 Å². The van der Waals surface area contributed by atoms with Crippen molar-refractivity contribution >= 4 is 0 Å². The van der Waals surface area contributed by atoms with Gasteiger partial charge in [0.05, 0.1) is 13.2 Å². The molecule has 3 N–H and O–H groups in total. The van der Waals surface area contributed by atoms with E-state index in [0.717, 1.165) is 5.56 Å². The van der Waals surface area contributed by atoms with Gasteiger partial charge < -0.3 is 15.6 Å². The van der Waals surface area contributed by atoms with Gasteiger partial charge in [-0.25, -0.2) is 0 Å². The highest BCUT2D eigenvalue weighted by atomic mass is 16.5. The SMILES string of the molecule is COc1cc(CC(C)(N)C#N)ccc1O. The molecule has 0 heterocycles. The maximum absolute atomic E-state index is 9.37. The first kappa shape index (κ1) is 11.3. The number of phenols is 1. The zero-order chi connectivity index (χ0) is 11.5. The Labute approximate surface area is 88.9 Å². The molecule has 0 aromatic heterocycles. The maximum atomic E-state index is 9.37. The highest BCUT2D eigenvalue weighted by molar-refractivity contribution is 5.42. The van der Waals surface area contributed by atoms with E-state index in [0.29, 0.717) is 12.2 Å². The van der Waals surface area contributed by atoms with Gasteiger partial charge in [0.1, 0.15) is 5.54 Å². The van der Waals surface area contributed by atoms with E-state index >= 15 is 0 Å². The first-order chi connectivity index (χ1) is 6.98. The van der Waals surface area contributed by atoms with Crippen LogP contribution in [-0.4, -0.2) is 17.8 Å². The monoisotopic (exact) mass is 206 g/mol. The molecule has 0 aliphatic rings. The summed E-state index contributed by atoms with van der Waals surface area (Å²) in [6.07, 6.45) is 0.417. The smallest absolute Gasteiger partial charge is 0.160 e. The Morgan fingerprint density at radius 3 is 2.80 bits per heavy atom. The summed E-state index contributed by atoms with van der Waals surface area (Å²) in [5.41, 5.74) is 5.67. The lowest BCUT2D eigenvalue weighted by Gasteiger charge is -2.15. The number of nitrogens with zero attached hydrogens (tertiary/aromatic N) is 1. The third-order valence-electron chi connectivity index (χ3n) is 2.07. The predicted molar refractivity (Wildman–Crippen MR) is 56.6 cm³/mol. The van der Waals surface area contributed by atoms with Crippen LogP contribution in [0.25, 0.3) is 0 Å². The van der Waals surface area contributed by atoms with Gasteiger partial charge in [-0.2, -0.15) is 5.26 Å². The fraction of sp³-hybridized carbons (Fsp3) is 0.364.